The molecule has 0 radical (unpaired) electrons. The van der Waals surface area contributed by atoms with Gasteiger partial charge >= 0.3 is 11.7 Å². The second-order valence-corrected chi connectivity index (χ2v) is 12.2. The molecule has 234 valence electrons. The molecular formula is C34H37N5O6. The van der Waals surface area contributed by atoms with Crippen molar-refractivity contribution < 1.29 is 19.2 Å². The van der Waals surface area contributed by atoms with Crippen LogP contribution in [0, 0.1) is 0 Å². The van der Waals surface area contributed by atoms with E-state index >= 15 is 0 Å². The number of carbonyl (C=O) groups is 1. The predicted octanol–water partition coefficient (Wildman–Crippen LogP) is 4.85. The van der Waals surface area contributed by atoms with E-state index in [4.69, 9.17) is 9.26 Å². The summed E-state index contributed by atoms with van der Waals surface area (Å²) in [6.45, 7) is 4.93. The maximum absolute atomic E-state index is 14.3. The SMILES string of the molecule is CCCc1c(Cc2ccc(-c3ccccc3-c3noc(=O)[nH]3)cc2)c(=O)n([C@H]2CC[C@H](OC(=O)C(C)(C)O)CC2)c2ccnn12. The summed E-state index contributed by atoms with van der Waals surface area (Å²) >= 11 is 0. The molecule has 3 aromatic heterocycles. The number of hydrogen-bond donors (Lipinski definition) is 2. The Morgan fingerprint density at radius 2 is 1.76 bits per heavy atom. The maximum atomic E-state index is 14.3. The minimum Gasteiger partial charge on any atom is -0.460 e. The number of benzene rings is 2. The molecule has 11 heteroatoms. The summed E-state index contributed by atoms with van der Waals surface area (Å²) in [6.07, 6.45) is 6.02. The average molecular weight is 612 g/mol. The molecule has 2 N–H and O–H groups in total. The van der Waals surface area contributed by atoms with Gasteiger partial charge in [0.15, 0.2) is 11.4 Å². The molecule has 11 nitrogen and oxygen atoms in total. The quantitative estimate of drug-likeness (QED) is 0.225. The van der Waals surface area contributed by atoms with Crippen LogP contribution in [0.2, 0.25) is 0 Å². The van der Waals surface area contributed by atoms with Crippen molar-refractivity contribution >= 4 is 11.6 Å². The Bertz CT molecular complexity index is 1930. The Labute approximate surface area is 259 Å². The van der Waals surface area contributed by atoms with Crippen LogP contribution in [-0.2, 0) is 22.4 Å². The summed E-state index contributed by atoms with van der Waals surface area (Å²) in [5, 5.41) is 18.5. The van der Waals surface area contributed by atoms with Crippen LogP contribution in [0.5, 0.6) is 0 Å². The number of ether oxygens (including phenoxy) is 1. The normalized spacial score (nSPS) is 17.1. The zero-order valence-electron chi connectivity index (χ0n) is 25.7. The Hall–Kier alpha value is -4.77. The molecule has 0 amide bonds. The number of hydrogen-bond acceptors (Lipinski definition) is 8. The molecule has 1 saturated carbocycles. The largest absolute Gasteiger partial charge is 0.460 e. The molecule has 2 aromatic carbocycles. The lowest BCUT2D eigenvalue weighted by Gasteiger charge is -2.31. The van der Waals surface area contributed by atoms with Crippen molar-refractivity contribution in [2.75, 3.05) is 0 Å². The number of aliphatic hydroxyl groups is 1. The zero-order chi connectivity index (χ0) is 31.7. The van der Waals surface area contributed by atoms with Gasteiger partial charge in [0.05, 0.1) is 11.9 Å². The van der Waals surface area contributed by atoms with Crippen molar-refractivity contribution in [3.05, 3.63) is 98.5 Å². The smallest absolute Gasteiger partial charge is 0.439 e. The van der Waals surface area contributed by atoms with Gasteiger partial charge in [0.2, 0.25) is 0 Å². The molecule has 0 unspecified atom stereocenters. The third kappa shape index (κ3) is 6.12. The fourth-order valence-electron chi connectivity index (χ4n) is 6.22. The van der Waals surface area contributed by atoms with Crippen molar-refractivity contribution in [2.24, 2.45) is 0 Å². The topological polar surface area (TPSA) is 145 Å². The molecule has 45 heavy (non-hydrogen) atoms. The highest BCUT2D eigenvalue weighted by Crippen LogP contribution is 2.33. The highest BCUT2D eigenvalue weighted by molar-refractivity contribution is 5.80. The Morgan fingerprint density at radius 1 is 1.04 bits per heavy atom. The fraction of sp³-hybridized carbons (Fsp3) is 0.382. The molecule has 0 bridgehead atoms. The first-order valence-corrected chi connectivity index (χ1v) is 15.4. The standard InChI is InChI=1S/C34H37N5O6/c1-4-7-28-27(20-21-10-12-22(13-11-21)25-8-5-6-9-26(25)30-36-33(42)45-37-30)31(40)38(29-18-19-35-39(28)29)23-14-16-24(17-15-23)44-32(41)34(2,3)43/h5-6,8-13,18-19,23-24,43H,4,7,14-17,20H2,1-3H3,(H,36,37,42)/t23-,24-. The molecule has 3 heterocycles. The van der Waals surface area contributed by atoms with Gasteiger partial charge in [-0.25, -0.2) is 14.1 Å². The summed E-state index contributed by atoms with van der Waals surface area (Å²) in [5.74, 6) is -0.878. The van der Waals surface area contributed by atoms with Crippen molar-refractivity contribution in [1.82, 2.24) is 24.3 Å². The van der Waals surface area contributed by atoms with Gasteiger partial charge in [0, 0.05) is 29.7 Å². The molecule has 1 aliphatic carbocycles. The molecule has 6 rings (SSSR count). The number of carbonyl (C=O) groups excluding carboxylic acids is 1. The third-order valence-corrected chi connectivity index (χ3v) is 8.49. The van der Waals surface area contributed by atoms with Crippen LogP contribution >= 0.6 is 0 Å². The first-order valence-electron chi connectivity index (χ1n) is 15.4. The van der Waals surface area contributed by atoms with Gasteiger partial charge in [-0.2, -0.15) is 5.10 Å². The van der Waals surface area contributed by atoms with Gasteiger partial charge in [-0.3, -0.25) is 18.9 Å². The van der Waals surface area contributed by atoms with Gasteiger partial charge in [-0.05, 0) is 62.6 Å². The molecule has 0 spiro atoms. The van der Waals surface area contributed by atoms with E-state index < -0.39 is 17.3 Å². The molecule has 1 fully saturated rings. The predicted molar refractivity (Wildman–Crippen MR) is 168 cm³/mol. The van der Waals surface area contributed by atoms with E-state index in [9.17, 15) is 19.5 Å². The van der Waals surface area contributed by atoms with Crippen molar-refractivity contribution in [3.8, 4) is 22.5 Å². The number of nitrogens with one attached hydrogen (secondary N) is 1. The van der Waals surface area contributed by atoms with Gasteiger partial charge in [-0.15, -0.1) is 0 Å². The van der Waals surface area contributed by atoms with Gasteiger partial charge in [0.25, 0.3) is 5.56 Å². The monoisotopic (exact) mass is 611 g/mol. The molecule has 1 aliphatic rings. The van der Waals surface area contributed by atoms with Crippen LogP contribution in [0.4, 0.5) is 0 Å². The lowest BCUT2D eigenvalue weighted by atomic mass is 9.92. The number of nitrogens with zero attached hydrogens (tertiary/aromatic N) is 4. The minimum atomic E-state index is -1.54. The number of fused-ring (bicyclic) bond motifs is 1. The summed E-state index contributed by atoms with van der Waals surface area (Å²) in [6, 6.07) is 17.5. The van der Waals surface area contributed by atoms with Gasteiger partial charge < -0.3 is 9.84 Å². The zero-order valence-corrected chi connectivity index (χ0v) is 25.7. The number of aromatic nitrogens is 5. The summed E-state index contributed by atoms with van der Waals surface area (Å²) in [7, 11) is 0. The van der Waals surface area contributed by atoms with Crippen LogP contribution < -0.4 is 11.3 Å². The second-order valence-electron chi connectivity index (χ2n) is 12.2. The molecule has 5 aromatic rings. The van der Waals surface area contributed by atoms with Crippen LogP contribution in [0.3, 0.4) is 0 Å². The first-order chi connectivity index (χ1) is 21.6. The minimum absolute atomic E-state index is 0.0206. The van der Waals surface area contributed by atoms with Crippen molar-refractivity contribution in [3.63, 3.8) is 0 Å². The van der Waals surface area contributed by atoms with E-state index in [2.05, 4.69) is 22.2 Å². The lowest BCUT2D eigenvalue weighted by molar-refractivity contribution is -0.169. The van der Waals surface area contributed by atoms with Crippen LogP contribution in [0.15, 0.2) is 74.9 Å². The second kappa shape index (κ2) is 12.3. The van der Waals surface area contributed by atoms with E-state index in [-0.39, 0.29) is 17.7 Å². The summed E-state index contributed by atoms with van der Waals surface area (Å²) < 4.78 is 14.1. The Kier molecular flexibility index (Phi) is 8.28. The average Bonchev–Trinajstić information content (AvgIpc) is 3.69. The molecule has 0 saturated heterocycles. The van der Waals surface area contributed by atoms with Gasteiger partial charge in [0.1, 0.15) is 11.8 Å². The number of H-pyrrole nitrogens is 1. The number of rotatable bonds is 9. The Morgan fingerprint density at radius 3 is 2.40 bits per heavy atom. The van der Waals surface area contributed by atoms with E-state index in [0.29, 0.717) is 44.3 Å². The van der Waals surface area contributed by atoms with E-state index in [1.165, 1.54) is 13.8 Å². The van der Waals surface area contributed by atoms with Crippen molar-refractivity contribution in [1.29, 1.82) is 0 Å². The van der Waals surface area contributed by atoms with E-state index in [1.54, 1.807) is 6.20 Å². The van der Waals surface area contributed by atoms with Crippen LogP contribution in [-0.4, -0.2) is 47.1 Å². The summed E-state index contributed by atoms with van der Waals surface area (Å²) in [5.41, 5.74) is 4.40. The van der Waals surface area contributed by atoms with Crippen LogP contribution in [0.1, 0.15) is 75.7 Å². The lowest BCUT2D eigenvalue weighted by Crippen LogP contribution is -2.38. The van der Waals surface area contributed by atoms with E-state index in [1.807, 2.05) is 63.7 Å². The van der Waals surface area contributed by atoms with Gasteiger partial charge in [-0.1, -0.05) is 67.0 Å². The fourth-order valence-corrected chi connectivity index (χ4v) is 6.22. The Balaban J connectivity index is 1.30. The number of esters is 1. The molecular weight excluding hydrogens is 574 g/mol. The number of aryl methyl sites for hydroxylation is 1. The summed E-state index contributed by atoms with van der Waals surface area (Å²) in [4.78, 5) is 40.7. The molecule has 0 aliphatic heterocycles. The third-order valence-electron chi connectivity index (χ3n) is 8.49. The maximum Gasteiger partial charge on any atom is 0.439 e. The van der Waals surface area contributed by atoms with Crippen molar-refractivity contribution in [2.45, 2.75) is 83.5 Å². The first kappa shape index (κ1) is 30.3. The van der Waals surface area contributed by atoms with E-state index in [0.717, 1.165) is 45.6 Å². The highest BCUT2D eigenvalue weighted by atomic mass is 16.6. The van der Waals surface area contributed by atoms with Crippen LogP contribution in [0.25, 0.3) is 28.2 Å². The molecule has 0 atom stereocenters. The highest BCUT2D eigenvalue weighted by Gasteiger charge is 2.32. The number of aromatic amines is 1.